The van der Waals surface area contributed by atoms with Gasteiger partial charge in [-0.15, -0.1) is 0 Å². The zero-order valence-corrected chi connectivity index (χ0v) is 9.41. The molecule has 2 aromatic rings. The lowest BCUT2D eigenvalue weighted by atomic mass is 10.2. The summed E-state index contributed by atoms with van der Waals surface area (Å²) < 4.78 is 13.1. The first-order chi connectivity index (χ1) is 7.27. The smallest absolute Gasteiger partial charge is 0.142 e. The monoisotopic (exact) mass is 241 g/mol. The summed E-state index contributed by atoms with van der Waals surface area (Å²) in [4.78, 5) is 0. The number of rotatable bonds is 3. The molecule has 0 spiro atoms. The van der Waals surface area contributed by atoms with E-state index in [-0.39, 0.29) is 10.8 Å². The van der Waals surface area contributed by atoms with Gasteiger partial charge >= 0.3 is 0 Å². The van der Waals surface area contributed by atoms with E-state index in [2.05, 4.69) is 5.32 Å². The van der Waals surface area contributed by atoms with Gasteiger partial charge in [-0.3, -0.25) is 0 Å². The summed E-state index contributed by atoms with van der Waals surface area (Å²) in [7, 11) is 0. The predicted octanol–water partition coefficient (Wildman–Crippen LogP) is 4.15. The summed E-state index contributed by atoms with van der Waals surface area (Å²) >= 11 is 7.43. The molecule has 1 aromatic heterocycles. The van der Waals surface area contributed by atoms with Crippen LogP contribution in [0.25, 0.3) is 0 Å². The number of hydrogen-bond acceptors (Lipinski definition) is 2. The van der Waals surface area contributed by atoms with Crippen LogP contribution in [0.1, 0.15) is 5.56 Å². The van der Waals surface area contributed by atoms with Gasteiger partial charge in [-0.1, -0.05) is 23.7 Å². The molecule has 0 saturated carbocycles. The molecule has 1 nitrogen and oxygen atoms in total. The first-order valence-corrected chi connectivity index (χ1v) is 5.78. The fraction of sp³-hybridized carbons (Fsp3) is 0.0909. The highest BCUT2D eigenvalue weighted by molar-refractivity contribution is 7.08. The number of thiophene rings is 1. The molecule has 0 atom stereocenters. The molecule has 78 valence electrons. The second-order valence-electron chi connectivity index (χ2n) is 3.08. The average Bonchev–Trinajstić information content (AvgIpc) is 2.73. The molecule has 1 N–H and O–H groups in total. The van der Waals surface area contributed by atoms with Crippen LogP contribution in [0.15, 0.2) is 35.0 Å². The second kappa shape index (κ2) is 4.64. The quantitative estimate of drug-likeness (QED) is 0.851. The van der Waals surface area contributed by atoms with E-state index in [0.717, 1.165) is 11.3 Å². The summed E-state index contributed by atoms with van der Waals surface area (Å²) in [6.45, 7) is 0.535. The SMILES string of the molecule is Fc1cccc(CNc2ccsc2)c1Cl. The Morgan fingerprint density at radius 1 is 1.33 bits per heavy atom. The summed E-state index contributed by atoms with van der Waals surface area (Å²) in [5, 5.41) is 7.34. The Hall–Kier alpha value is -1.06. The van der Waals surface area contributed by atoms with Crippen molar-refractivity contribution in [1.82, 2.24) is 0 Å². The molecule has 0 aliphatic carbocycles. The van der Waals surface area contributed by atoms with Crippen LogP contribution < -0.4 is 5.32 Å². The molecule has 15 heavy (non-hydrogen) atoms. The van der Waals surface area contributed by atoms with Crippen molar-refractivity contribution in [3.05, 3.63) is 51.4 Å². The first kappa shape index (κ1) is 10.5. The Balaban J connectivity index is 2.08. The lowest BCUT2D eigenvalue weighted by Gasteiger charge is -2.06. The highest BCUT2D eigenvalue weighted by Crippen LogP contribution is 2.21. The normalized spacial score (nSPS) is 10.3. The van der Waals surface area contributed by atoms with Gasteiger partial charge in [0.2, 0.25) is 0 Å². The average molecular weight is 242 g/mol. The summed E-state index contributed by atoms with van der Waals surface area (Å²) in [5.41, 5.74) is 1.79. The molecule has 0 fully saturated rings. The maximum Gasteiger partial charge on any atom is 0.142 e. The Morgan fingerprint density at radius 2 is 2.20 bits per heavy atom. The van der Waals surface area contributed by atoms with E-state index in [1.807, 2.05) is 22.9 Å². The van der Waals surface area contributed by atoms with Gasteiger partial charge in [0.05, 0.1) is 5.02 Å². The molecule has 0 radical (unpaired) electrons. The van der Waals surface area contributed by atoms with Crippen LogP contribution in [0.3, 0.4) is 0 Å². The standard InChI is InChI=1S/C11H9ClFNS/c12-11-8(2-1-3-10(11)13)6-14-9-4-5-15-7-9/h1-5,7,14H,6H2. The minimum atomic E-state index is -0.374. The van der Waals surface area contributed by atoms with E-state index >= 15 is 0 Å². The van der Waals surface area contributed by atoms with Crippen LogP contribution in [0, 0.1) is 5.82 Å². The number of benzene rings is 1. The van der Waals surface area contributed by atoms with Gasteiger partial charge in [0.15, 0.2) is 0 Å². The Morgan fingerprint density at radius 3 is 2.93 bits per heavy atom. The molecule has 1 aromatic carbocycles. The number of nitrogens with one attached hydrogen (secondary N) is 1. The minimum absolute atomic E-state index is 0.195. The molecule has 1 heterocycles. The second-order valence-corrected chi connectivity index (χ2v) is 4.24. The van der Waals surface area contributed by atoms with Crippen molar-refractivity contribution in [2.45, 2.75) is 6.54 Å². The van der Waals surface area contributed by atoms with Gasteiger partial charge < -0.3 is 5.32 Å². The molecule has 0 saturated heterocycles. The Bertz CT molecular complexity index is 442. The maximum absolute atomic E-state index is 13.1. The van der Waals surface area contributed by atoms with Crippen molar-refractivity contribution in [1.29, 1.82) is 0 Å². The van der Waals surface area contributed by atoms with E-state index in [4.69, 9.17) is 11.6 Å². The van der Waals surface area contributed by atoms with Gasteiger partial charge in [-0.25, -0.2) is 4.39 Å². The van der Waals surface area contributed by atoms with E-state index in [1.165, 1.54) is 6.07 Å². The van der Waals surface area contributed by atoms with Gasteiger partial charge in [-0.2, -0.15) is 11.3 Å². The molecule has 0 aliphatic heterocycles. The van der Waals surface area contributed by atoms with Crippen LogP contribution in [0.4, 0.5) is 10.1 Å². The minimum Gasteiger partial charge on any atom is -0.380 e. The molecule has 0 bridgehead atoms. The van der Waals surface area contributed by atoms with Gasteiger partial charge in [-0.05, 0) is 23.1 Å². The van der Waals surface area contributed by atoms with Crippen molar-refractivity contribution in [3.8, 4) is 0 Å². The van der Waals surface area contributed by atoms with E-state index < -0.39 is 0 Å². The van der Waals surface area contributed by atoms with Crippen molar-refractivity contribution in [2.24, 2.45) is 0 Å². The highest BCUT2D eigenvalue weighted by Gasteiger charge is 2.04. The lowest BCUT2D eigenvalue weighted by Crippen LogP contribution is -1.99. The molecule has 0 unspecified atom stereocenters. The van der Waals surface area contributed by atoms with Crippen molar-refractivity contribution < 1.29 is 4.39 Å². The van der Waals surface area contributed by atoms with Crippen LogP contribution >= 0.6 is 22.9 Å². The van der Waals surface area contributed by atoms with Crippen LogP contribution in [0.2, 0.25) is 5.02 Å². The van der Waals surface area contributed by atoms with Crippen molar-refractivity contribution in [2.75, 3.05) is 5.32 Å². The van der Waals surface area contributed by atoms with Crippen LogP contribution in [0.5, 0.6) is 0 Å². The third-order valence-corrected chi connectivity index (χ3v) is 3.14. The van der Waals surface area contributed by atoms with E-state index in [0.29, 0.717) is 6.54 Å². The Kier molecular flexibility index (Phi) is 3.23. The fourth-order valence-corrected chi connectivity index (χ4v) is 2.05. The van der Waals surface area contributed by atoms with E-state index in [1.54, 1.807) is 17.4 Å². The third-order valence-electron chi connectivity index (χ3n) is 2.04. The van der Waals surface area contributed by atoms with Crippen LogP contribution in [-0.2, 0) is 6.54 Å². The zero-order chi connectivity index (χ0) is 10.7. The van der Waals surface area contributed by atoms with Crippen molar-refractivity contribution in [3.63, 3.8) is 0 Å². The molecule has 4 heteroatoms. The number of hydrogen-bond donors (Lipinski definition) is 1. The molecular formula is C11H9ClFNS. The lowest BCUT2D eigenvalue weighted by molar-refractivity contribution is 0.626. The van der Waals surface area contributed by atoms with Gasteiger partial charge in [0.25, 0.3) is 0 Å². The fourth-order valence-electron chi connectivity index (χ4n) is 1.25. The summed E-state index contributed by atoms with van der Waals surface area (Å²) in [6.07, 6.45) is 0. The largest absolute Gasteiger partial charge is 0.380 e. The van der Waals surface area contributed by atoms with Crippen LogP contribution in [-0.4, -0.2) is 0 Å². The topological polar surface area (TPSA) is 12.0 Å². The maximum atomic E-state index is 13.1. The predicted molar refractivity (Wildman–Crippen MR) is 63.1 cm³/mol. The number of halogens is 2. The summed E-state index contributed by atoms with van der Waals surface area (Å²) in [6, 6.07) is 6.80. The molecular weight excluding hydrogens is 233 g/mol. The highest BCUT2D eigenvalue weighted by atomic mass is 35.5. The molecule has 0 aliphatic rings. The zero-order valence-electron chi connectivity index (χ0n) is 7.84. The Labute approximate surface area is 96.5 Å². The van der Waals surface area contributed by atoms with E-state index in [9.17, 15) is 4.39 Å². The third kappa shape index (κ3) is 2.49. The van der Waals surface area contributed by atoms with Crippen molar-refractivity contribution >= 4 is 28.6 Å². The summed E-state index contributed by atoms with van der Waals surface area (Å²) in [5.74, 6) is -0.374. The molecule has 2 rings (SSSR count). The molecule has 0 amide bonds. The number of anilines is 1. The van der Waals surface area contributed by atoms with Gasteiger partial charge in [0.1, 0.15) is 5.82 Å². The van der Waals surface area contributed by atoms with Gasteiger partial charge in [0, 0.05) is 17.6 Å². The first-order valence-electron chi connectivity index (χ1n) is 4.46.